The monoisotopic (exact) mass is 351 g/mol. The van der Waals surface area contributed by atoms with E-state index in [4.69, 9.17) is 0 Å². The molecule has 1 unspecified atom stereocenters. The van der Waals surface area contributed by atoms with Crippen LogP contribution in [0.4, 0.5) is 5.82 Å². The van der Waals surface area contributed by atoms with Gasteiger partial charge in [-0.05, 0) is 44.5 Å². The summed E-state index contributed by atoms with van der Waals surface area (Å²) in [5.41, 5.74) is 3.58. The summed E-state index contributed by atoms with van der Waals surface area (Å²) >= 11 is 0. The first-order chi connectivity index (χ1) is 12.6. The summed E-state index contributed by atoms with van der Waals surface area (Å²) in [6.45, 7) is 7.25. The molecule has 0 amide bonds. The maximum absolute atomic E-state index is 9.52. The molecule has 0 aromatic carbocycles. The topological polar surface area (TPSA) is 76.3 Å². The fraction of sp³-hybridized carbons (Fsp3) is 0.450. The molecular weight excluding hydrogens is 326 g/mol. The molecule has 1 N–H and O–H groups in total. The Morgan fingerprint density at radius 1 is 1.15 bits per heavy atom. The minimum absolute atomic E-state index is 0.141. The fourth-order valence-electron chi connectivity index (χ4n) is 3.48. The standard InChI is InChI=1S/C20H25N5O/c1-15-4-3-5-18(22-15)13-24-9-10-25(14-19(24)8-11-26)20-17(12-21)7-6-16(2)23-20/h3-7,19,26H,8-11,13-14H2,1-2H3. The third kappa shape index (κ3) is 4.18. The van der Waals surface area contributed by atoms with Crippen LogP contribution in [0.15, 0.2) is 30.3 Å². The Kier molecular flexibility index (Phi) is 5.82. The third-order valence-electron chi connectivity index (χ3n) is 4.81. The number of hydrogen-bond donors (Lipinski definition) is 1. The Morgan fingerprint density at radius 3 is 2.69 bits per heavy atom. The molecule has 3 rings (SSSR count). The number of anilines is 1. The van der Waals surface area contributed by atoms with Crippen molar-refractivity contribution in [1.29, 1.82) is 5.26 Å². The van der Waals surface area contributed by atoms with Crippen LogP contribution in [0, 0.1) is 25.2 Å². The molecule has 2 aromatic rings. The van der Waals surface area contributed by atoms with Gasteiger partial charge in [0, 0.05) is 50.2 Å². The van der Waals surface area contributed by atoms with Crippen molar-refractivity contribution in [2.45, 2.75) is 32.9 Å². The summed E-state index contributed by atoms with van der Waals surface area (Å²) in [4.78, 5) is 13.7. The van der Waals surface area contributed by atoms with Crippen molar-refractivity contribution in [2.24, 2.45) is 0 Å². The lowest BCUT2D eigenvalue weighted by Gasteiger charge is -2.42. The summed E-state index contributed by atoms with van der Waals surface area (Å²) in [5.74, 6) is 0.753. The van der Waals surface area contributed by atoms with E-state index >= 15 is 0 Å². The molecule has 0 bridgehead atoms. The van der Waals surface area contributed by atoms with Gasteiger partial charge in [0.25, 0.3) is 0 Å². The van der Waals surface area contributed by atoms with Gasteiger partial charge in [-0.3, -0.25) is 9.88 Å². The van der Waals surface area contributed by atoms with Crippen molar-refractivity contribution in [3.63, 3.8) is 0 Å². The van der Waals surface area contributed by atoms with Gasteiger partial charge in [-0.1, -0.05) is 6.07 Å². The van der Waals surface area contributed by atoms with Crippen molar-refractivity contribution in [3.8, 4) is 6.07 Å². The van der Waals surface area contributed by atoms with Crippen molar-refractivity contribution in [1.82, 2.24) is 14.9 Å². The molecule has 1 aliphatic heterocycles. The van der Waals surface area contributed by atoms with E-state index in [-0.39, 0.29) is 12.6 Å². The molecule has 2 aromatic heterocycles. The maximum atomic E-state index is 9.52. The Labute approximate surface area is 154 Å². The van der Waals surface area contributed by atoms with E-state index in [1.165, 1.54) is 0 Å². The fourth-order valence-corrected chi connectivity index (χ4v) is 3.48. The van der Waals surface area contributed by atoms with Crippen LogP contribution in [0.5, 0.6) is 0 Å². The molecule has 3 heterocycles. The van der Waals surface area contributed by atoms with Crippen LogP contribution in [-0.4, -0.2) is 52.3 Å². The summed E-state index contributed by atoms with van der Waals surface area (Å²) < 4.78 is 0. The number of aryl methyl sites for hydroxylation is 2. The van der Waals surface area contributed by atoms with E-state index in [0.717, 1.165) is 49.1 Å². The largest absolute Gasteiger partial charge is 0.396 e. The van der Waals surface area contributed by atoms with Crippen molar-refractivity contribution in [2.75, 3.05) is 31.1 Å². The predicted octanol–water partition coefficient (Wildman–Crippen LogP) is 2.04. The van der Waals surface area contributed by atoms with Crippen LogP contribution >= 0.6 is 0 Å². The molecule has 6 nitrogen and oxygen atoms in total. The number of aliphatic hydroxyl groups excluding tert-OH is 1. The smallest absolute Gasteiger partial charge is 0.146 e. The Hall–Kier alpha value is -2.49. The molecule has 1 saturated heterocycles. The summed E-state index contributed by atoms with van der Waals surface area (Å²) in [7, 11) is 0. The number of nitrogens with zero attached hydrogens (tertiary/aromatic N) is 5. The maximum Gasteiger partial charge on any atom is 0.146 e. The minimum Gasteiger partial charge on any atom is -0.396 e. The molecule has 26 heavy (non-hydrogen) atoms. The number of piperazine rings is 1. The summed E-state index contributed by atoms with van der Waals surface area (Å²) in [6, 6.07) is 12.2. The van der Waals surface area contributed by atoms with Gasteiger partial charge in [-0.2, -0.15) is 5.26 Å². The zero-order valence-corrected chi connectivity index (χ0v) is 15.4. The second-order valence-electron chi connectivity index (χ2n) is 6.79. The molecule has 0 radical (unpaired) electrons. The average Bonchev–Trinajstić information content (AvgIpc) is 2.63. The van der Waals surface area contributed by atoms with E-state index < -0.39 is 0 Å². The number of nitriles is 1. The molecule has 6 heteroatoms. The lowest BCUT2D eigenvalue weighted by Crippen LogP contribution is -2.53. The first-order valence-corrected chi connectivity index (χ1v) is 9.01. The van der Waals surface area contributed by atoms with Gasteiger partial charge in [0.15, 0.2) is 0 Å². The van der Waals surface area contributed by atoms with Crippen LogP contribution in [0.3, 0.4) is 0 Å². The molecule has 0 saturated carbocycles. The zero-order chi connectivity index (χ0) is 18.5. The molecular formula is C20H25N5O. The van der Waals surface area contributed by atoms with Crippen LogP contribution in [0.25, 0.3) is 0 Å². The van der Waals surface area contributed by atoms with E-state index in [2.05, 4.69) is 25.8 Å². The van der Waals surface area contributed by atoms with Crippen LogP contribution in [0.2, 0.25) is 0 Å². The first kappa shape index (κ1) is 18.3. The molecule has 1 aliphatic rings. The second-order valence-corrected chi connectivity index (χ2v) is 6.79. The SMILES string of the molecule is Cc1cccc(CN2CCN(c3nc(C)ccc3C#N)CC2CCO)n1. The van der Waals surface area contributed by atoms with Crippen molar-refractivity contribution >= 4 is 5.82 Å². The Bertz CT molecular complexity index is 801. The molecule has 136 valence electrons. The van der Waals surface area contributed by atoms with Crippen LogP contribution in [-0.2, 0) is 6.54 Å². The highest BCUT2D eigenvalue weighted by Gasteiger charge is 2.28. The van der Waals surface area contributed by atoms with E-state index in [1.807, 2.05) is 44.2 Å². The number of hydrogen-bond acceptors (Lipinski definition) is 6. The number of aromatic nitrogens is 2. The van der Waals surface area contributed by atoms with Crippen molar-refractivity contribution in [3.05, 3.63) is 53.0 Å². The lowest BCUT2D eigenvalue weighted by atomic mass is 10.1. The average molecular weight is 351 g/mol. The highest BCUT2D eigenvalue weighted by atomic mass is 16.3. The number of rotatable bonds is 5. The third-order valence-corrected chi connectivity index (χ3v) is 4.81. The molecule has 1 fully saturated rings. The Morgan fingerprint density at radius 2 is 1.96 bits per heavy atom. The van der Waals surface area contributed by atoms with Gasteiger partial charge >= 0.3 is 0 Å². The second kappa shape index (κ2) is 8.26. The lowest BCUT2D eigenvalue weighted by molar-refractivity contribution is 0.133. The summed E-state index contributed by atoms with van der Waals surface area (Å²) in [5, 5.41) is 18.9. The Balaban J connectivity index is 1.78. The highest BCUT2D eigenvalue weighted by molar-refractivity contribution is 5.54. The molecule has 0 spiro atoms. The van der Waals surface area contributed by atoms with Gasteiger partial charge < -0.3 is 10.0 Å². The van der Waals surface area contributed by atoms with Gasteiger partial charge in [0.2, 0.25) is 0 Å². The van der Waals surface area contributed by atoms with Gasteiger partial charge in [0.05, 0.1) is 11.3 Å². The quantitative estimate of drug-likeness (QED) is 0.888. The normalized spacial score (nSPS) is 17.9. The summed E-state index contributed by atoms with van der Waals surface area (Å²) in [6.07, 6.45) is 0.690. The van der Waals surface area contributed by atoms with Crippen LogP contribution in [0.1, 0.15) is 29.1 Å². The van der Waals surface area contributed by atoms with E-state index in [9.17, 15) is 10.4 Å². The van der Waals surface area contributed by atoms with Crippen LogP contribution < -0.4 is 4.90 Å². The zero-order valence-electron chi connectivity index (χ0n) is 15.4. The highest BCUT2D eigenvalue weighted by Crippen LogP contribution is 2.23. The van der Waals surface area contributed by atoms with E-state index in [1.54, 1.807) is 0 Å². The molecule has 1 atom stereocenters. The molecule has 0 aliphatic carbocycles. The number of pyridine rings is 2. The van der Waals surface area contributed by atoms with Gasteiger partial charge in [-0.15, -0.1) is 0 Å². The first-order valence-electron chi connectivity index (χ1n) is 9.01. The van der Waals surface area contributed by atoms with Crippen molar-refractivity contribution < 1.29 is 5.11 Å². The predicted molar refractivity (Wildman–Crippen MR) is 101 cm³/mol. The van der Waals surface area contributed by atoms with Gasteiger partial charge in [0.1, 0.15) is 11.9 Å². The van der Waals surface area contributed by atoms with E-state index in [0.29, 0.717) is 12.0 Å². The minimum atomic E-state index is 0.141. The van der Waals surface area contributed by atoms with Gasteiger partial charge in [-0.25, -0.2) is 4.98 Å². The number of aliphatic hydroxyl groups is 1.